The fraction of sp³-hybridized carbons (Fsp3) is 1.00. The third-order valence-corrected chi connectivity index (χ3v) is 2.60. The molecule has 0 aliphatic rings. The van der Waals surface area contributed by atoms with Gasteiger partial charge in [-0.05, 0) is 13.8 Å². The Labute approximate surface area is 96.7 Å². The van der Waals surface area contributed by atoms with Gasteiger partial charge in [-0.25, -0.2) is 8.78 Å². The van der Waals surface area contributed by atoms with E-state index in [2.05, 4.69) is 0 Å². The summed E-state index contributed by atoms with van der Waals surface area (Å²) in [5, 5.41) is -6.29. The van der Waals surface area contributed by atoms with E-state index in [9.17, 15) is 35.1 Å². The van der Waals surface area contributed by atoms with Crippen molar-refractivity contribution < 1.29 is 35.1 Å². The zero-order chi connectivity index (χ0) is 14.1. The molecule has 2 atom stereocenters. The highest BCUT2D eigenvalue weighted by atomic mass is 32.2. The molecule has 0 heterocycles. The summed E-state index contributed by atoms with van der Waals surface area (Å²) < 4.78 is 97.8. The lowest BCUT2D eigenvalue weighted by atomic mass is 10.3. The zero-order valence-electron chi connectivity index (χ0n) is 8.85. The maximum Gasteiger partial charge on any atom is 0.393 e. The molecule has 0 saturated carbocycles. The Kier molecular flexibility index (Phi) is 4.75. The normalized spacial score (nSPS) is 20.8. The Bertz CT molecular complexity index is 225. The van der Waals surface area contributed by atoms with Gasteiger partial charge >= 0.3 is 12.4 Å². The van der Waals surface area contributed by atoms with E-state index < -0.39 is 47.0 Å². The SMILES string of the molecule is CC(F)(CC(F)(F)F)SC(C)(F)CC(F)(F)F. The molecule has 0 aromatic heterocycles. The molecule has 0 radical (unpaired) electrons. The average Bonchev–Trinajstić information content (AvgIpc) is 1.65. The van der Waals surface area contributed by atoms with E-state index in [1.807, 2.05) is 0 Å². The second-order valence-electron chi connectivity index (χ2n) is 3.89. The summed E-state index contributed by atoms with van der Waals surface area (Å²) in [5.41, 5.74) is 0. The fourth-order valence-corrected chi connectivity index (χ4v) is 2.59. The third-order valence-electron chi connectivity index (χ3n) is 1.46. The Balaban J connectivity index is 4.59. The fourth-order valence-electron chi connectivity index (χ4n) is 1.23. The lowest BCUT2D eigenvalue weighted by Gasteiger charge is -2.29. The van der Waals surface area contributed by atoms with Gasteiger partial charge in [-0.1, -0.05) is 11.8 Å². The maximum atomic E-state index is 13.3. The van der Waals surface area contributed by atoms with Crippen molar-refractivity contribution in [3.8, 4) is 0 Å². The highest BCUT2D eigenvalue weighted by molar-refractivity contribution is 8.01. The van der Waals surface area contributed by atoms with Gasteiger partial charge in [0.05, 0.1) is 12.8 Å². The second kappa shape index (κ2) is 4.81. The van der Waals surface area contributed by atoms with Crippen LogP contribution in [0.25, 0.3) is 0 Å². The molecule has 0 fully saturated rings. The molecule has 0 saturated heterocycles. The molecule has 104 valence electrons. The van der Waals surface area contributed by atoms with Crippen molar-refractivity contribution in [3.63, 3.8) is 0 Å². The van der Waals surface area contributed by atoms with Crippen LogP contribution in [0, 0.1) is 0 Å². The minimum absolute atomic E-state index is 0.402. The van der Waals surface area contributed by atoms with Crippen LogP contribution < -0.4 is 0 Å². The van der Waals surface area contributed by atoms with E-state index >= 15 is 0 Å². The summed E-state index contributed by atoms with van der Waals surface area (Å²) >= 11 is -0.615. The zero-order valence-corrected chi connectivity index (χ0v) is 9.66. The van der Waals surface area contributed by atoms with Gasteiger partial charge in [0.15, 0.2) is 10.0 Å². The van der Waals surface area contributed by atoms with E-state index in [-0.39, 0.29) is 0 Å². The standard InChI is InChI=1S/C8H10F8S/c1-5(9,3-7(11,12)13)17-6(2,10)4-8(14,15)16/h3-4H2,1-2H3. The summed E-state index contributed by atoms with van der Waals surface area (Å²) in [6.07, 6.45) is -13.8. The summed E-state index contributed by atoms with van der Waals surface area (Å²) in [4.78, 5) is 0. The third kappa shape index (κ3) is 9.49. The van der Waals surface area contributed by atoms with Crippen molar-refractivity contribution in [2.24, 2.45) is 0 Å². The molecular weight excluding hydrogens is 280 g/mol. The largest absolute Gasteiger partial charge is 0.393 e. The Morgan fingerprint density at radius 3 is 1.06 bits per heavy atom. The Morgan fingerprint density at radius 2 is 0.882 bits per heavy atom. The van der Waals surface area contributed by atoms with Gasteiger partial charge < -0.3 is 0 Å². The smallest absolute Gasteiger partial charge is 0.232 e. The maximum absolute atomic E-state index is 13.3. The second-order valence-corrected chi connectivity index (χ2v) is 5.80. The van der Waals surface area contributed by atoms with Crippen LogP contribution >= 0.6 is 11.8 Å². The van der Waals surface area contributed by atoms with Crippen molar-refractivity contribution in [1.82, 2.24) is 0 Å². The van der Waals surface area contributed by atoms with Crippen molar-refractivity contribution in [2.45, 2.75) is 49.0 Å². The quantitative estimate of drug-likeness (QED) is 0.657. The highest BCUT2D eigenvalue weighted by Gasteiger charge is 2.48. The van der Waals surface area contributed by atoms with Crippen LogP contribution in [0.5, 0.6) is 0 Å². The molecule has 0 bridgehead atoms. The van der Waals surface area contributed by atoms with Crippen LogP contribution in [0.1, 0.15) is 26.7 Å². The minimum Gasteiger partial charge on any atom is -0.232 e. The van der Waals surface area contributed by atoms with Crippen LogP contribution in [-0.2, 0) is 0 Å². The molecule has 0 rings (SSSR count). The number of halogens is 8. The highest BCUT2D eigenvalue weighted by Crippen LogP contribution is 2.48. The van der Waals surface area contributed by atoms with Crippen LogP contribution in [0.3, 0.4) is 0 Å². The lowest BCUT2D eigenvalue weighted by molar-refractivity contribution is -0.151. The number of alkyl halides is 8. The molecular formula is C8H10F8S. The van der Waals surface area contributed by atoms with Crippen molar-refractivity contribution in [1.29, 1.82) is 0 Å². The molecule has 0 nitrogen and oxygen atoms in total. The Hall–Kier alpha value is -0.210. The van der Waals surface area contributed by atoms with E-state index in [1.54, 1.807) is 0 Å². The molecule has 0 N–H and O–H groups in total. The van der Waals surface area contributed by atoms with E-state index in [4.69, 9.17) is 0 Å². The van der Waals surface area contributed by atoms with Gasteiger partial charge in [0.25, 0.3) is 0 Å². The molecule has 0 amide bonds. The molecule has 0 aromatic rings. The summed E-state index contributed by atoms with van der Waals surface area (Å²) in [7, 11) is 0. The number of rotatable bonds is 4. The Morgan fingerprint density at radius 1 is 0.647 bits per heavy atom. The summed E-state index contributed by atoms with van der Waals surface area (Å²) in [6.45, 7) is 0.804. The molecule has 17 heavy (non-hydrogen) atoms. The first kappa shape index (κ1) is 16.8. The van der Waals surface area contributed by atoms with Crippen LogP contribution in [0.15, 0.2) is 0 Å². The summed E-state index contributed by atoms with van der Waals surface area (Å²) in [6, 6.07) is 0. The predicted octanol–water partition coefficient (Wildman–Crippen LogP) is 5.00. The molecule has 0 aliphatic carbocycles. The monoisotopic (exact) mass is 290 g/mol. The van der Waals surface area contributed by atoms with Crippen LogP contribution in [0.4, 0.5) is 35.1 Å². The first-order chi connectivity index (χ1) is 7.12. The first-order valence-corrected chi connectivity index (χ1v) is 5.15. The predicted molar refractivity (Wildman–Crippen MR) is 48.0 cm³/mol. The topological polar surface area (TPSA) is 0 Å². The average molecular weight is 290 g/mol. The van der Waals surface area contributed by atoms with Crippen molar-refractivity contribution in [3.05, 3.63) is 0 Å². The van der Waals surface area contributed by atoms with Crippen LogP contribution in [0.2, 0.25) is 0 Å². The molecule has 9 heteroatoms. The molecule has 2 unspecified atom stereocenters. The molecule has 0 spiro atoms. The lowest BCUT2D eigenvalue weighted by Crippen LogP contribution is -2.32. The van der Waals surface area contributed by atoms with Crippen molar-refractivity contribution in [2.75, 3.05) is 0 Å². The van der Waals surface area contributed by atoms with Gasteiger partial charge in [-0.2, -0.15) is 26.3 Å². The van der Waals surface area contributed by atoms with Gasteiger partial charge in [-0.15, -0.1) is 0 Å². The number of hydrogen-bond donors (Lipinski definition) is 0. The van der Waals surface area contributed by atoms with Crippen molar-refractivity contribution >= 4 is 11.8 Å². The van der Waals surface area contributed by atoms with E-state index in [0.29, 0.717) is 13.8 Å². The van der Waals surface area contributed by atoms with Gasteiger partial charge in [0, 0.05) is 0 Å². The summed E-state index contributed by atoms with van der Waals surface area (Å²) in [5.74, 6) is 0. The molecule has 0 aliphatic heterocycles. The van der Waals surface area contributed by atoms with Gasteiger partial charge in [0.1, 0.15) is 0 Å². The minimum atomic E-state index is -4.91. The number of hydrogen-bond acceptors (Lipinski definition) is 1. The van der Waals surface area contributed by atoms with Gasteiger partial charge in [0.2, 0.25) is 0 Å². The van der Waals surface area contributed by atoms with Crippen LogP contribution in [-0.4, -0.2) is 22.4 Å². The van der Waals surface area contributed by atoms with E-state index in [1.165, 1.54) is 0 Å². The molecule has 0 aromatic carbocycles. The number of thioether (sulfide) groups is 1. The first-order valence-electron chi connectivity index (χ1n) is 4.33. The van der Waals surface area contributed by atoms with E-state index in [0.717, 1.165) is 0 Å². The van der Waals surface area contributed by atoms with Gasteiger partial charge in [-0.3, -0.25) is 0 Å².